The lowest BCUT2D eigenvalue weighted by Gasteiger charge is -2.19. The van der Waals surface area contributed by atoms with Crippen LogP contribution in [0.3, 0.4) is 0 Å². The van der Waals surface area contributed by atoms with E-state index in [0.717, 1.165) is 29.8 Å². The van der Waals surface area contributed by atoms with Gasteiger partial charge in [0, 0.05) is 0 Å². The van der Waals surface area contributed by atoms with Crippen molar-refractivity contribution in [2.45, 2.75) is 38.0 Å². The zero-order chi connectivity index (χ0) is 13.0. The van der Waals surface area contributed by atoms with E-state index in [0.29, 0.717) is 0 Å². The third-order valence-corrected chi connectivity index (χ3v) is 3.53. The van der Waals surface area contributed by atoms with Gasteiger partial charge < -0.3 is 10.1 Å². The fourth-order valence-electron chi connectivity index (χ4n) is 2.04. The first-order valence-corrected chi connectivity index (χ1v) is 6.85. The van der Waals surface area contributed by atoms with Gasteiger partial charge in [-0.05, 0) is 24.1 Å². The van der Waals surface area contributed by atoms with E-state index in [1.165, 1.54) is 12.8 Å². The summed E-state index contributed by atoms with van der Waals surface area (Å²) >= 11 is 6.37. The highest BCUT2D eigenvalue weighted by Crippen LogP contribution is 2.34. The van der Waals surface area contributed by atoms with E-state index in [1.807, 2.05) is 18.2 Å². The Morgan fingerprint density at radius 2 is 2.28 bits per heavy atom. The molecule has 1 unspecified atom stereocenters. The predicted octanol–water partition coefficient (Wildman–Crippen LogP) is 3.88. The minimum absolute atomic E-state index is 0.000628. The molecule has 1 atom stereocenters. The van der Waals surface area contributed by atoms with Gasteiger partial charge in [0.25, 0.3) is 5.91 Å². The summed E-state index contributed by atoms with van der Waals surface area (Å²) in [6.45, 7) is 2.27. The van der Waals surface area contributed by atoms with Gasteiger partial charge in [0.15, 0.2) is 6.61 Å². The van der Waals surface area contributed by atoms with E-state index < -0.39 is 0 Å². The maximum absolute atomic E-state index is 11.2. The number of alkyl halides is 1. The van der Waals surface area contributed by atoms with Crippen molar-refractivity contribution in [3.8, 4) is 5.75 Å². The van der Waals surface area contributed by atoms with Gasteiger partial charge in [-0.25, -0.2) is 0 Å². The highest BCUT2D eigenvalue weighted by atomic mass is 35.5. The summed E-state index contributed by atoms with van der Waals surface area (Å²) in [6.07, 6.45) is 4.49. The molecular formula is C14H18ClNO2. The number of nitrogens with one attached hydrogen (secondary N) is 1. The Labute approximate surface area is 112 Å². The van der Waals surface area contributed by atoms with Crippen molar-refractivity contribution >= 4 is 23.2 Å². The van der Waals surface area contributed by atoms with E-state index >= 15 is 0 Å². The third-order valence-electron chi connectivity index (χ3n) is 3.06. The van der Waals surface area contributed by atoms with Crippen LogP contribution in [0.5, 0.6) is 5.75 Å². The number of hydrogen-bond acceptors (Lipinski definition) is 2. The van der Waals surface area contributed by atoms with Gasteiger partial charge in [0.2, 0.25) is 0 Å². The zero-order valence-electron chi connectivity index (χ0n) is 10.5. The number of amides is 1. The summed E-state index contributed by atoms with van der Waals surface area (Å²) in [4.78, 5) is 11.2. The highest BCUT2D eigenvalue weighted by molar-refractivity contribution is 6.20. The van der Waals surface area contributed by atoms with Crippen LogP contribution < -0.4 is 10.1 Å². The van der Waals surface area contributed by atoms with Gasteiger partial charge in [0.05, 0.1) is 11.1 Å². The molecule has 0 saturated carbocycles. The van der Waals surface area contributed by atoms with Crippen LogP contribution in [0, 0.1) is 0 Å². The van der Waals surface area contributed by atoms with Crippen LogP contribution in [0.4, 0.5) is 5.69 Å². The number of rotatable bonds is 5. The molecule has 1 amide bonds. The molecule has 98 valence electrons. The number of hydrogen-bond donors (Lipinski definition) is 1. The molecule has 1 heterocycles. The van der Waals surface area contributed by atoms with Crippen molar-refractivity contribution in [2.75, 3.05) is 11.9 Å². The summed E-state index contributed by atoms with van der Waals surface area (Å²) in [5.41, 5.74) is 1.77. The van der Waals surface area contributed by atoms with Crippen LogP contribution >= 0.6 is 11.6 Å². The molecule has 0 fully saturated rings. The van der Waals surface area contributed by atoms with E-state index in [1.54, 1.807) is 0 Å². The molecule has 18 heavy (non-hydrogen) atoms. The standard InChI is InChI=1S/C14H18ClNO2/c1-2-3-4-5-11(15)10-6-7-13-12(8-10)16-14(17)9-18-13/h6-8,11H,2-5,9H2,1H3,(H,16,17). The number of anilines is 1. The highest BCUT2D eigenvalue weighted by Gasteiger charge is 2.17. The second-order valence-corrected chi connectivity index (χ2v) is 5.08. The van der Waals surface area contributed by atoms with Gasteiger partial charge in [-0.15, -0.1) is 11.6 Å². The molecule has 0 aromatic heterocycles. The monoisotopic (exact) mass is 267 g/mol. The van der Waals surface area contributed by atoms with E-state index in [2.05, 4.69) is 12.2 Å². The number of ether oxygens (including phenoxy) is 1. The molecule has 2 rings (SSSR count). The predicted molar refractivity (Wildman–Crippen MR) is 73.3 cm³/mol. The number of unbranched alkanes of at least 4 members (excludes halogenated alkanes) is 2. The van der Waals surface area contributed by atoms with Gasteiger partial charge >= 0.3 is 0 Å². The van der Waals surface area contributed by atoms with Crippen LogP contribution in [-0.4, -0.2) is 12.5 Å². The number of halogens is 1. The van der Waals surface area contributed by atoms with Crippen molar-refractivity contribution in [1.29, 1.82) is 0 Å². The SMILES string of the molecule is CCCCCC(Cl)c1ccc2c(c1)NC(=O)CO2. The van der Waals surface area contributed by atoms with Crippen LogP contribution in [0.25, 0.3) is 0 Å². The average molecular weight is 268 g/mol. The van der Waals surface area contributed by atoms with Crippen LogP contribution in [-0.2, 0) is 4.79 Å². The van der Waals surface area contributed by atoms with Crippen LogP contribution in [0.1, 0.15) is 43.5 Å². The molecule has 0 radical (unpaired) electrons. The zero-order valence-corrected chi connectivity index (χ0v) is 11.3. The Kier molecular flexibility index (Phi) is 4.48. The molecule has 4 heteroatoms. The normalized spacial score (nSPS) is 15.6. The number of fused-ring (bicyclic) bond motifs is 1. The Balaban J connectivity index is 2.05. The van der Waals surface area contributed by atoms with Crippen molar-refractivity contribution in [2.24, 2.45) is 0 Å². The van der Waals surface area contributed by atoms with Gasteiger partial charge in [0.1, 0.15) is 5.75 Å². The quantitative estimate of drug-likeness (QED) is 0.649. The molecular weight excluding hydrogens is 250 g/mol. The maximum Gasteiger partial charge on any atom is 0.262 e. The Hall–Kier alpha value is -1.22. The average Bonchev–Trinajstić information content (AvgIpc) is 2.38. The van der Waals surface area contributed by atoms with Crippen molar-refractivity contribution < 1.29 is 9.53 Å². The van der Waals surface area contributed by atoms with Gasteiger partial charge in [-0.2, -0.15) is 0 Å². The second kappa shape index (κ2) is 6.10. The molecule has 3 nitrogen and oxygen atoms in total. The molecule has 1 aromatic carbocycles. The number of benzene rings is 1. The van der Waals surface area contributed by atoms with E-state index in [4.69, 9.17) is 16.3 Å². The van der Waals surface area contributed by atoms with Crippen LogP contribution in [0.2, 0.25) is 0 Å². The summed E-state index contributed by atoms with van der Waals surface area (Å²) in [7, 11) is 0. The Morgan fingerprint density at radius 3 is 3.06 bits per heavy atom. The van der Waals surface area contributed by atoms with E-state index in [9.17, 15) is 4.79 Å². The lowest BCUT2D eigenvalue weighted by molar-refractivity contribution is -0.118. The summed E-state index contributed by atoms with van der Waals surface area (Å²) < 4.78 is 5.31. The first-order chi connectivity index (χ1) is 8.70. The molecule has 1 N–H and O–H groups in total. The summed E-state index contributed by atoms with van der Waals surface area (Å²) in [6, 6.07) is 5.76. The topological polar surface area (TPSA) is 38.3 Å². The maximum atomic E-state index is 11.2. The summed E-state index contributed by atoms with van der Waals surface area (Å²) in [5.74, 6) is 0.604. The van der Waals surface area contributed by atoms with Crippen molar-refractivity contribution in [3.05, 3.63) is 23.8 Å². The van der Waals surface area contributed by atoms with Gasteiger partial charge in [-0.1, -0.05) is 32.3 Å². The smallest absolute Gasteiger partial charge is 0.262 e. The van der Waals surface area contributed by atoms with Crippen molar-refractivity contribution in [3.63, 3.8) is 0 Å². The fraction of sp³-hybridized carbons (Fsp3) is 0.500. The molecule has 0 aliphatic carbocycles. The lowest BCUT2D eigenvalue weighted by atomic mass is 10.0. The van der Waals surface area contributed by atoms with Crippen molar-refractivity contribution in [1.82, 2.24) is 0 Å². The largest absolute Gasteiger partial charge is 0.482 e. The second-order valence-electron chi connectivity index (χ2n) is 4.56. The molecule has 1 aliphatic heterocycles. The Morgan fingerprint density at radius 1 is 1.44 bits per heavy atom. The fourth-order valence-corrected chi connectivity index (χ4v) is 2.33. The molecule has 1 aromatic rings. The number of carbonyl (C=O) groups excluding carboxylic acids is 1. The lowest BCUT2D eigenvalue weighted by Crippen LogP contribution is -2.25. The minimum Gasteiger partial charge on any atom is -0.482 e. The first-order valence-electron chi connectivity index (χ1n) is 6.41. The summed E-state index contributed by atoms with van der Waals surface area (Å²) in [5, 5.41) is 2.80. The molecule has 0 bridgehead atoms. The van der Waals surface area contributed by atoms with Crippen LogP contribution in [0.15, 0.2) is 18.2 Å². The first kappa shape index (κ1) is 13.2. The van der Waals surface area contributed by atoms with Gasteiger partial charge in [-0.3, -0.25) is 4.79 Å². The Bertz CT molecular complexity index is 434. The minimum atomic E-state index is -0.114. The van der Waals surface area contributed by atoms with E-state index in [-0.39, 0.29) is 17.9 Å². The molecule has 0 saturated heterocycles. The third kappa shape index (κ3) is 3.16. The molecule has 0 spiro atoms. The molecule has 1 aliphatic rings. The number of carbonyl (C=O) groups is 1.